The first-order valence-corrected chi connectivity index (χ1v) is 5.11. The summed E-state index contributed by atoms with van der Waals surface area (Å²) in [4.78, 5) is 23.8. The van der Waals surface area contributed by atoms with E-state index in [2.05, 4.69) is 6.58 Å². The first-order valence-electron chi connectivity index (χ1n) is 5.11. The van der Waals surface area contributed by atoms with Gasteiger partial charge in [0, 0.05) is 12.5 Å². The van der Waals surface area contributed by atoms with Gasteiger partial charge in [0.1, 0.15) is 11.6 Å². The number of hydrogen-bond donors (Lipinski definition) is 1. The highest BCUT2D eigenvalue weighted by Crippen LogP contribution is 2.28. The molecule has 0 aromatic rings. The Labute approximate surface area is 94.7 Å². The van der Waals surface area contributed by atoms with Gasteiger partial charge in [0.05, 0.1) is 0 Å². The molecule has 2 atom stereocenters. The number of ether oxygens (including phenoxy) is 1. The largest absolute Gasteiger partial charge is 0.480 e. The van der Waals surface area contributed by atoms with Gasteiger partial charge in [0.2, 0.25) is 0 Å². The van der Waals surface area contributed by atoms with E-state index in [0.29, 0.717) is 6.54 Å². The smallest absolute Gasteiger partial charge is 0.411 e. The molecule has 1 fully saturated rings. The van der Waals surface area contributed by atoms with E-state index in [1.165, 1.54) is 4.90 Å². The summed E-state index contributed by atoms with van der Waals surface area (Å²) >= 11 is 0. The average molecular weight is 227 g/mol. The van der Waals surface area contributed by atoms with Gasteiger partial charge in [-0.2, -0.15) is 0 Å². The molecule has 1 saturated heterocycles. The van der Waals surface area contributed by atoms with Crippen molar-refractivity contribution in [1.82, 2.24) is 4.90 Å². The Morgan fingerprint density at radius 3 is 2.44 bits per heavy atom. The number of carboxylic acid groups (broad SMARTS) is 1. The predicted octanol–water partition coefficient (Wildman–Crippen LogP) is 1.49. The summed E-state index contributed by atoms with van der Waals surface area (Å²) in [5, 5.41) is 8.96. The highest BCUT2D eigenvalue weighted by molar-refractivity contribution is 5.83. The van der Waals surface area contributed by atoms with Crippen molar-refractivity contribution >= 4 is 12.1 Å². The van der Waals surface area contributed by atoms with E-state index in [1.54, 1.807) is 26.8 Å². The molecule has 0 saturated carbocycles. The van der Waals surface area contributed by atoms with E-state index < -0.39 is 23.7 Å². The molecule has 0 unspecified atom stereocenters. The zero-order valence-electron chi connectivity index (χ0n) is 9.77. The molecule has 0 radical (unpaired) electrons. The second-order valence-corrected chi connectivity index (χ2v) is 4.82. The Morgan fingerprint density at radius 2 is 2.06 bits per heavy atom. The highest BCUT2D eigenvalue weighted by atomic mass is 16.6. The van der Waals surface area contributed by atoms with Crippen LogP contribution in [-0.2, 0) is 9.53 Å². The monoisotopic (exact) mass is 227 g/mol. The number of carboxylic acids is 1. The normalized spacial score (nSPS) is 24.6. The molecule has 0 aliphatic carbocycles. The van der Waals surface area contributed by atoms with Crippen molar-refractivity contribution in [3.63, 3.8) is 0 Å². The summed E-state index contributed by atoms with van der Waals surface area (Å²) in [6.07, 6.45) is 0.970. The van der Waals surface area contributed by atoms with Crippen LogP contribution in [0.15, 0.2) is 12.7 Å². The Hall–Kier alpha value is -1.52. The minimum Gasteiger partial charge on any atom is -0.480 e. The van der Waals surface area contributed by atoms with Gasteiger partial charge in [-0.1, -0.05) is 6.08 Å². The van der Waals surface area contributed by atoms with Crippen LogP contribution in [-0.4, -0.2) is 40.3 Å². The Balaban J connectivity index is 2.66. The summed E-state index contributed by atoms with van der Waals surface area (Å²) < 4.78 is 5.10. The fourth-order valence-electron chi connectivity index (χ4n) is 1.56. The van der Waals surface area contributed by atoms with Crippen molar-refractivity contribution in [2.24, 2.45) is 5.92 Å². The molecule has 0 spiro atoms. The topological polar surface area (TPSA) is 66.8 Å². The number of aliphatic carboxylic acids is 1. The van der Waals surface area contributed by atoms with E-state index in [1.807, 2.05) is 0 Å². The maximum Gasteiger partial charge on any atom is 0.411 e. The molecule has 1 heterocycles. The summed E-state index contributed by atoms with van der Waals surface area (Å²) in [6, 6.07) is -0.840. The van der Waals surface area contributed by atoms with Gasteiger partial charge in [0.25, 0.3) is 0 Å². The number of hydrogen-bond acceptors (Lipinski definition) is 3. The molecule has 1 rings (SSSR count). The molecule has 0 aromatic carbocycles. The van der Waals surface area contributed by atoms with Crippen molar-refractivity contribution in [3.8, 4) is 0 Å². The van der Waals surface area contributed by atoms with Crippen LogP contribution in [0, 0.1) is 5.92 Å². The minimum atomic E-state index is -1.03. The third-order valence-corrected chi connectivity index (χ3v) is 2.33. The van der Waals surface area contributed by atoms with Crippen LogP contribution in [0.5, 0.6) is 0 Å². The van der Waals surface area contributed by atoms with Crippen LogP contribution in [0.4, 0.5) is 4.79 Å². The minimum absolute atomic E-state index is 0.190. The molecular weight excluding hydrogens is 210 g/mol. The van der Waals surface area contributed by atoms with Crippen LogP contribution in [0.25, 0.3) is 0 Å². The summed E-state index contributed by atoms with van der Waals surface area (Å²) in [5.41, 5.74) is -0.612. The number of rotatable bonds is 2. The standard InChI is InChI=1S/C11H17NO4/c1-5-7-6-12(8(7)9(13)14)10(15)16-11(2,3)4/h5,7-8H,1,6H2,2-4H3,(H,13,14)/t7-,8-/m0/s1. The maximum atomic E-state index is 11.6. The molecule has 5 heteroatoms. The Bertz CT molecular complexity index is 318. The van der Waals surface area contributed by atoms with E-state index in [0.717, 1.165) is 0 Å². The summed E-state index contributed by atoms with van der Waals surface area (Å²) in [7, 11) is 0. The molecule has 5 nitrogen and oxygen atoms in total. The first-order chi connectivity index (χ1) is 7.26. The third kappa shape index (κ3) is 2.53. The van der Waals surface area contributed by atoms with Crippen molar-refractivity contribution in [2.75, 3.05) is 6.54 Å². The second-order valence-electron chi connectivity index (χ2n) is 4.82. The Morgan fingerprint density at radius 1 is 1.50 bits per heavy atom. The molecule has 1 N–H and O–H groups in total. The van der Waals surface area contributed by atoms with Crippen molar-refractivity contribution in [2.45, 2.75) is 32.4 Å². The number of amides is 1. The summed E-state index contributed by atoms with van der Waals surface area (Å²) in [5.74, 6) is -1.22. The number of carbonyl (C=O) groups is 2. The Kier molecular flexibility index (Phi) is 3.26. The lowest BCUT2D eigenvalue weighted by Crippen LogP contribution is -2.62. The van der Waals surface area contributed by atoms with Crippen LogP contribution in [0.3, 0.4) is 0 Å². The van der Waals surface area contributed by atoms with Crippen LogP contribution >= 0.6 is 0 Å². The number of nitrogens with zero attached hydrogens (tertiary/aromatic N) is 1. The molecular formula is C11H17NO4. The quantitative estimate of drug-likeness (QED) is 0.726. The molecule has 1 amide bonds. The second kappa shape index (κ2) is 4.15. The maximum absolute atomic E-state index is 11.6. The molecule has 1 aliphatic rings. The van der Waals surface area contributed by atoms with Gasteiger partial charge in [-0.25, -0.2) is 9.59 Å². The van der Waals surface area contributed by atoms with Gasteiger partial charge in [-0.15, -0.1) is 6.58 Å². The van der Waals surface area contributed by atoms with E-state index in [9.17, 15) is 9.59 Å². The zero-order valence-corrected chi connectivity index (χ0v) is 9.77. The van der Waals surface area contributed by atoms with E-state index in [4.69, 9.17) is 9.84 Å². The summed E-state index contributed by atoms with van der Waals surface area (Å²) in [6.45, 7) is 9.12. The first kappa shape index (κ1) is 12.5. The van der Waals surface area contributed by atoms with Crippen LogP contribution in [0.2, 0.25) is 0 Å². The van der Waals surface area contributed by atoms with E-state index in [-0.39, 0.29) is 5.92 Å². The number of carbonyl (C=O) groups excluding carboxylic acids is 1. The van der Waals surface area contributed by atoms with Crippen LogP contribution < -0.4 is 0 Å². The van der Waals surface area contributed by atoms with Gasteiger partial charge in [-0.3, -0.25) is 4.90 Å². The predicted molar refractivity (Wildman–Crippen MR) is 58.1 cm³/mol. The molecule has 90 valence electrons. The van der Waals surface area contributed by atoms with Crippen LogP contribution in [0.1, 0.15) is 20.8 Å². The molecule has 0 aromatic heterocycles. The van der Waals surface area contributed by atoms with Gasteiger partial charge >= 0.3 is 12.1 Å². The van der Waals surface area contributed by atoms with Crippen molar-refractivity contribution in [3.05, 3.63) is 12.7 Å². The average Bonchev–Trinajstić information content (AvgIpc) is 1.97. The number of likely N-dealkylation sites (tertiary alicyclic amines) is 1. The lowest BCUT2D eigenvalue weighted by Gasteiger charge is -2.44. The lowest BCUT2D eigenvalue weighted by atomic mass is 9.89. The van der Waals surface area contributed by atoms with Crippen molar-refractivity contribution < 1.29 is 19.4 Å². The molecule has 0 bridgehead atoms. The fourth-order valence-corrected chi connectivity index (χ4v) is 1.56. The van der Waals surface area contributed by atoms with Gasteiger partial charge in [-0.05, 0) is 20.8 Å². The third-order valence-electron chi connectivity index (χ3n) is 2.33. The SMILES string of the molecule is C=C[C@H]1CN(C(=O)OC(C)(C)C)[C@@H]1C(=O)O. The van der Waals surface area contributed by atoms with Crippen molar-refractivity contribution in [1.29, 1.82) is 0 Å². The highest BCUT2D eigenvalue weighted by Gasteiger charge is 2.46. The lowest BCUT2D eigenvalue weighted by molar-refractivity contribution is -0.150. The molecule has 1 aliphatic heterocycles. The van der Waals surface area contributed by atoms with E-state index >= 15 is 0 Å². The van der Waals surface area contributed by atoms with Gasteiger partial charge in [0.15, 0.2) is 0 Å². The molecule has 16 heavy (non-hydrogen) atoms. The zero-order chi connectivity index (χ0) is 12.5. The van der Waals surface area contributed by atoms with Gasteiger partial charge < -0.3 is 9.84 Å². The fraction of sp³-hybridized carbons (Fsp3) is 0.636.